The van der Waals surface area contributed by atoms with E-state index in [1.807, 2.05) is 38.1 Å². The van der Waals surface area contributed by atoms with Crippen molar-refractivity contribution in [2.75, 3.05) is 18.0 Å². The first-order valence-corrected chi connectivity index (χ1v) is 16.0. The molecule has 0 radical (unpaired) electrons. The number of benzene rings is 3. The summed E-state index contributed by atoms with van der Waals surface area (Å²) < 4.78 is 34.4. The summed E-state index contributed by atoms with van der Waals surface area (Å²) in [6, 6.07) is 21.8. The minimum absolute atomic E-state index is 0.0628. The molecule has 0 spiro atoms. The van der Waals surface area contributed by atoms with Crippen LogP contribution in [0.25, 0.3) is 0 Å². The lowest BCUT2D eigenvalue weighted by molar-refractivity contribution is -0.140. The summed E-state index contributed by atoms with van der Waals surface area (Å²) in [6.45, 7) is 3.55. The van der Waals surface area contributed by atoms with Crippen molar-refractivity contribution in [3.63, 3.8) is 0 Å². The molecule has 1 N–H and O–H groups in total. The average molecular weight is 592 g/mol. The highest BCUT2D eigenvalue weighted by Gasteiger charge is 2.34. The second kappa shape index (κ2) is 14.4. The van der Waals surface area contributed by atoms with Crippen molar-refractivity contribution < 1.29 is 22.7 Å². The molecule has 0 heterocycles. The molecular formula is C33H41N3O5S. The molecule has 9 heteroatoms. The van der Waals surface area contributed by atoms with Crippen LogP contribution in [0.2, 0.25) is 0 Å². The number of rotatable bonds is 12. The van der Waals surface area contributed by atoms with E-state index in [1.54, 1.807) is 42.5 Å². The Kier molecular flexibility index (Phi) is 10.6. The number of methoxy groups -OCH3 is 1. The van der Waals surface area contributed by atoms with E-state index >= 15 is 0 Å². The van der Waals surface area contributed by atoms with E-state index in [4.69, 9.17) is 4.74 Å². The van der Waals surface area contributed by atoms with Crippen molar-refractivity contribution in [3.05, 3.63) is 90.0 Å². The summed E-state index contributed by atoms with van der Waals surface area (Å²) in [4.78, 5) is 29.5. The molecule has 1 aliphatic rings. The van der Waals surface area contributed by atoms with Gasteiger partial charge in [-0.2, -0.15) is 0 Å². The molecule has 1 fully saturated rings. The Balaban J connectivity index is 1.70. The molecule has 224 valence electrons. The predicted octanol–water partition coefficient (Wildman–Crippen LogP) is 5.46. The molecule has 1 aliphatic carbocycles. The first-order valence-electron chi connectivity index (χ1n) is 14.6. The van der Waals surface area contributed by atoms with Gasteiger partial charge in [0.25, 0.3) is 10.0 Å². The van der Waals surface area contributed by atoms with Crippen LogP contribution >= 0.6 is 0 Å². The van der Waals surface area contributed by atoms with Crippen molar-refractivity contribution >= 4 is 27.5 Å². The summed E-state index contributed by atoms with van der Waals surface area (Å²) in [5.41, 5.74) is 2.23. The Hall–Kier alpha value is -3.85. The van der Waals surface area contributed by atoms with Crippen LogP contribution in [0.1, 0.15) is 56.6 Å². The Labute approximate surface area is 249 Å². The molecule has 0 unspecified atom stereocenters. The maximum atomic E-state index is 14.2. The zero-order valence-corrected chi connectivity index (χ0v) is 25.5. The summed E-state index contributed by atoms with van der Waals surface area (Å²) in [5.74, 6) is -0.213. The number of sulfonamides is 1. The molecule has 0 saturated heterocycles. The molecule has 42 heavy (non-hydrogen) atoms. The Morgan fingerprint density at radius 1 is 0.952 bits per heavy atom. The van der Waals surface area contributed by atoms with Crippen molar-refractivity contribution in [2.24, 2.45) is 0 Å². The lowest BCUT2D eigenvalue weighted by Crippen LogP contribution is -2.54. The summed E-state index contributed by atoms with van der Waals surface area (Å²) in [5, 5.41) is 3.18. The van der Waals surface area contributed by atoms with Crippen molar-refractivity contribution in [1.29, 1.82) is 0 Å². The van der Waals surface area contributed by atoms with Crippen LogP contribution < -0.4 is 14.4 Å². The topological polar surface area (TPSA) is 96.0 Å². The molecule has 0 aliphatic heterocycles. The zero-order valence-electron chi connectivity index (χ0n) is 24.7. The van der Waals surface area contributed by atoms with Gasteiger partial charge >= 0.3 is 0 Å². The Morgan fingerprint density at radius 3 is 2.29 bits per heavy atom. The number of anilines is 1. The van der Waals surface area contributed by atoms with Gasteiger partial charge in [-0.05, 0) is 56.0 Å². The molecule has 0 aromatic heterocycles. The highest BCUT2D eigenvalue weighted by atomic mass is 32.2. The molecule has 1 atom stereocenters. The smallest absolute Gasteiger partial charge is 0.264 e. The van der Waals surface area contributed by atoms with Gasteiger partial charge < -0.3 is 15.0 Å². The minimum Gasteiger partial charge on any atom is -0.497 e. The lowest BCUT2D eigenvalue weighted by atomic mass is 9.95. The second-order valence-corrected chi connectivity index (χ2v) is 12.7. The van der Waals surface area contributed by atoms with Gasteiger partial charge in [0, 0.05) is 18.7 Å². The van der Waals surface area contributed by atoms with Crippen LogP contribution in [0, 0.1) is 6.92 Å². The van der Waals surface area contributed by atoms with Crippen LogP contribution in [-0.4, -0.2) is 50.9 Å². The van der Waals surface area contributed by atoms with Crippen molar-refractivity contribution in [2.45, 2.75) is 75.9 Å². The van der Waals surface area contributed by atoms with Crippen LogP contribution in [0.3, 0.4) is 0 Å². The first kappa shape index (κ1) is 31.1. The fourth-order valence-electron chi connectivity index (χ4n) is 5.37. The van der Waals surface area contributed by atoms with Gasteiger partial charge in [0.15, 0.2) is 0 Å². The van der Waals surface area contributed by atoms with E-state index in [2.05, 4.69) is 5.32 Å². The van der Waals surface area contributed by atoms with E-state index < -0.39 is 28.5 Å². The van der Waals surface area contributed by atoms with E-state index in [0.717, 1.165) is 47.5 Å². The van der Waals surface area contributed by atoms with E-state index in [9.17, 15) is 18.0 Å². The number of carbonyl (C=O) groups is 2. The standard InChI is InChI=1S/C33H41N3O5S/c1-4-31(33(38)34-27-12-7-5-8-13-27)35(23-26-20-18-25(2)19-21-26)32(37)24-36(28-14-11-15-29(22-28)41-3)42(39,40)30-16-9-6-10-17-30/h6,9-11,14-22,27,31H,4-5,7-8,12-13,23-24H2,1-3H3,(H,34,38)/t31-/m1/s1. The summed E-state index contributed by atoms with van der Waals surface area (Å²) in [7, 11) is -2.63. The summed E-state index contributed by atoms with van der Waals surface area (Å²) >= 11 is 0. The van der Waals surface area contributed by atoms with Crippen molar-refractivity contribution in [1.82, 2.24) is 10.2 Å². The molecule has 3 aromatic rings. The fraction of sp³-hybridized carbons (Fsp3) is 0.394. The number of carbonyl (C=O) groups excluding carboxylic acids is 2. The summed E-state index contributed by atoms with van der Waals surface area (Å²) in [6.07, 6.45) is 5.54. The maximum Gasteiger partial charge on any atom is 0.264 e. The number of nitrogens with zero attached hydrogens (tertiary/aromatic N) is 2. The number of nitrogens with one attached hydrogen (secondary N) is 1. The lowest BCUT2D eigenvalue weighted by Gasteiger charge is -2.34. The van der Waals surface area contributed by atoms with Gasteiger partial charge in [-0.25, -0.2) is 8.42 Å². The molecule has 1 saturated carbocycles. The minimum atomic E-state index is -4.13. The molecular weight excluding hydrogens is 550 g/mol. The van der Waals surface area contributed by atoms with Crippen LogP contribution in [0.15, 0.2) is 83.8 Å². The Bertz CT molecular complexity index is 1440. The monoisotopic (exact) mass is 591 g/mol. The fourth-order valence-corrected chi connectivity index (χ4v) is 6.80. The number of aryl methyl sites for hydroxylation is 1. The first-order chi connectivity index (χ1) is 20.2. The molecule has 2 amide bonds. The highest BCUT2D eigenvalue weighted by Crippen LogP contribution is 2.28. The molecule has 8 nitrogen and oxygen atoms in total. The van der Waals surface area contributed by atoms with E-state index in [-0.39, 0.29) is 23.4 Å². The third-order valence-corrected chi connectivity index (χ3v) is 9.55. The predicted molar refractivity (Wildman–Crippen MR) is 165 cm³/mol. The third kappa shape index (κ3) is 7.70. The van der Waals surface area contributed by atoms with Crippen LogP contribution in [0.5, 0.6) is 5.75 Å². The van der Waals surface area contributed by atoms with Gasteiger partial charge in [-0.3, -0.25) is 13.9 Å². The van der Waals surface area contributed by atoms with Crippen molar-refractivity contribution in [3.8, 4) is 5.75 Å². The highest BCUT2D eigenvalue weighted by molar-refractivity contribution is 7.92. The second-order valence-electron chi connectivity index (χ2n) is 10.8. The molecule has 4 rings (SSSR count). The van der Waals surface area contributed by atoms with Gasteiger partial charge in [0.05, 0.1) is 17.7 Å². The van der Waals surface area contributed by atoms with Gasteiger partial charge in [0.2, 0.25) is 11.8 Å². The third-order valence-electron chi connectivity index (χ3n) is 7.76. The number of hydrogen-bond donors (Lipinski definition) is 1. The zero-order chi connectivity index (χ0) is 30.1. The number of ether oxygens (including phenoxy) is 1. The van der Waals surface area contributed by atoms with Gasteiger partial charge in [-0.1, -0.05) is 80.3 Å². The quantitative estimate of drug-likeness (QED) is 0.302. The largest absolute Gasteiger partial charge is 0.497 e. The Morgan fingerprint density at radius 2 is 1.64 bits per heavy atom. The van der Waals surface area contributed by atoms with E-state index in [1.165, 1.54) is 24.1 Å². The molecule has 0 bridgehead atoms. The van der Waals surface area contributed by atoms with Gasteiger partial charge in [-0.15, -0.1) is 0 Å². The average Bonchev–Trinajstić information content (AvgIpc) is 3.01. The number of amides is 2. The number of hydrogen-bond acceptors (Lipinski definition) is 5. The maximum absolute atomic E-state index is 14.2. The van der Waals surface area contributed by atoms with Crippen LogP contribution in [0.4, 0.5) is 5.69 Å². The molecule has 3 aromatic carbocycles. The van der Waals surface area contributed by atoms with Gasteiger partial charge in [0.1, 0.15) is 18.3 Å². The normalized spacial score (nSPS) is 14.5. The SMILES string of the molecule is CC[C@H](C(=O)NC1CCCCC1)N(Cc1ccc(C)cc1)C(=O)CN(c1cccc(OC)c1)S(=O)(=O)c1ccccc1. The van der Waals surface area contributed by atoms with E-state index in [0.29, 0.717) is 17.9 Å². The van der Waals surface area contributed by atoms with Crippen LogP contribution in [-0.2, 0) is 26.2 Å².